The predicted molar refractivity (Wildman–Crippen MR) is 104 cm³/mol. The molecule has 0 bridgehead atoms. The third kappa shape index (κ3) is 3.76. The molecule has 0 aliphatic carbocycles. The first-order valence-corrected chi connectivity index (χ1v) is 9.68. The molecule has 1 atom stereocenters. The quantitative estimate of drug-likeness (QED) is 0.709. The van der Waals surface area contributed by atoms with Gasteiger partial charge < -0.3 is 25.8 Å². The Morgan fingerprint density at radius 1 is 1.43 bits per heavy atom. The van der Waals surface area contributed by atoms with E-state index in [9.17, 15) is 4.79 Å². The van der Waals surface area contributed by atoms with Gasteiger partial charge in [0, 0.05) is 12.1 Å². The van der Waals surface area contributed by atoms with Gasteiger partial charge in [0.25, 0.3) is 5.91 Å². The first-order chi connectivity index (χ1) is 13.6. The van der Waals surface area contributed by atoms with Crippen molar-refractivity contribution in [1.82, 2.24) is 20.4 Å². The lowest BCUT2D eigenvalue weighted by molar-refractivity contribution is -0.109. The van der Waals surface area contributed by atoms with E-state index in [-0.39, 0.29) is 17.6 Å². The molecule has 3 heterocycles. The highest BCUT2D eigenvalue weighted by Gasteiger charge is 2.38. The number of methoxy groups -OCH3 is 1. The maximum absolute atomic E-state index is 12.6. The molecule has 1 unspecified atom stereocenters. The molecule has 150 valence electrons. The third-order valence-corrected chi connectivity index (χ3v) is 5.60. The Morgan fingerprint density at radius 3 is 3.00 bits per heavy atom. The molecule has 4 N–H and O–H groups in total. The lowest BCUT2D eigenvalue weighted by Crippen LogP contribution is -2.49. The molecule has 1 aromatic heterocycles. The van der Waals surface area contributed by atoms with Crippen LogP contribution >= 0.6 is 0 Å². The summed E-state index contributed by atoms with van der Waals surface area (Å²) in [6.45, 7) is 3.38. The van der Waals surface area contributed by atoms with Gasteiger partial charge in [-0.3, -0.25) is 9.48 Å². The largest absolute Gasteiger partial charge is 0.496 e. The van der Waals surface area contributed by atoms with Gasteiger partial charge >= 0.3 is 0 Å². The summed E-state index contributed by atoms with van der Waals surface area (Å²) in [5.74, 6) is 0.484. The van der Waals surface area contributed by atoms with E-state index < -0.39 is 0 Å². The van der Waals surface area contributed by atoms with Crippen LogP contribution in [-0.2, 0) is 17.9 Å². The van der Waals surface area contributed by atoms with Crippen molar-refractivity contribution in [1.29, 1.82) is 0 Å². The molecule has 1 aromatic carbocycles. The Labute approximate surface area is 164 Å². The minimum atomic E-state index is -0.362. The van der Waals surface area contributed by atoms with Crippen LogP contribution in [0, 0.1) is 0 Å². The van der Waals surface area contributed by atoms with E-state index in [0.717, 1.165) is 37.2 Å². The molecule has 4 rings (SSSR count). The number of aromatic nitrogens is 2. The topological polar surface area (TPSA) is 103 Å². The normalized spacial score (nSPS) is 19.1. The second kappa shape index (κ2) is 7.90. The lowest BCUT2D eigenvalue weighted by Gasteiger charge is -2.40. The highest BCUT2D eigenvalue weighted by Crippen LogP contribution is 2.31. The van der Waals surface area contributed by atoms with Gasteiger partial charge in [-0.2, -0.15) is 5.10 Å². The van der Waals surface area contributed by atoms with Crippen molar-refractivity contribution in [2.45, 2.75) is 37.6 Å². The van der Waals surface area contributed by atoms with E-state index in [2.05, 4.69) is 15.7 Å². The van der Waals surface area contributed by atoms with E-state index in [4.69, 9.17) is 15.2 Å². The average molecular weight is 385 g/mol. The van der Waals surface area contributed by atoms with Gasteiger partial charge in [0.2, 0.25) is 0 Å². The van der Waals surface area contributed by atoms with Crippen LogP contribution in [0.1, 0.15) is 40.6 Å². The first kappa shape index (κ1) is 18.9. The van der Waals surface area contributed by atoms with Gasteiger partial charge in [0.1, 0.15) is 5.75 Å². The summed E-state index contributed by atoms with van der Waals surface area (Å²) in [7, 11) is 1.61. The van der Waals surface area contributed by atoms with Crippen LogP contribution in [-0.4, -0.2) is 48.0 Å². The molecule has 2 aliphatic rings. The fraction of sp³-hybridized carbons (Fsp3) is 0.500. The second-order valence-corrected chi connectivity index (χ2v) is 7.46. The van der Waals surface area contributed by atoms with E-state index >= 15 is 0 Å². The lowest BCUT2D eigenvalue weighted by atomic mass is 9.91. The smallest absolute Gasteiger partial charge is 0.271 e. The molecule has 1 saturated heterocycles. The van der Waals surface area contributed by atoms with Gasteiger partial charge in [-0.05, 0) is 38.1 Å². The number of rotatable bonds is 5. The van der Waals surface area contributed by atoms with Crippen LogP contribution in [0.25, 0.3) is 0 Å². The summed E-state index contributed by atoms with van der Waals surface area (Å²) in [6.07, 6.45) is 1.92. The predicted octanol–water partition coefficient (Wildman–Crippen LogP) is 0.974. The number of carbonyl (C=O) groups is 1. The Morgan fingerprint density at radius 2 is 2.21 bits per heavy atom. The molecule has 28 heavy (non-hydrogen) atoms. The fourth-order valence-corrected chi connectivity index (χ4v) is 3.93. The molecule has 8 nitrogen and oxygen atoms in total. The number of nitrogens with zero attached hydrogens (tertiary/aromatic N) is 2. The van der Waals surface area contributed by atoms with Crippen molar-refractivity contribution >= 4 is 5.91 Å². The number of para-hydroxylation sites is 1. The van der Waals surface area contributed by atoms with Gasteiger partial charge in [0.05, 0.1) is 37.6 Å². The summed E-state index contributed by atoms with van der Waals surface area (Å²) >= 11 is 0. The number of amides is 1. The van der Waals surface area contributed by atoms with Crippen LogP contribution in [0.5, 0.6) is 5.75 Å². The molecule has 1 spiro atoms. The first-order valence-electron chi connectivity index (χ1n) is 9.68. The highest BCUT2D eigenvalue weighted by atomic mass is 16.5. The van der Waals surface area contributed by atoms with Crippen LogP contribution in [0.2, 0.25) is 0 Å². The molecular formula is C20H27N5O3. The van der Waals surface area contributed by atoms with Crippen molar-refractivity contribution in [3.8, 4) is 5.75 Å². The number of piperidine rings is 1. The van der Waals surface area contributed by atoms with E-state index in [0.29, 0.717) is 31.1 Å². The number of hydrogen-bond acceptors (Lipinski definition) is 6. The molecule has 2 aromatic rings. The molecule has 1 amide bonds. The standard InChI is InChI=1S/C20H27N5O3/c1-27-18-5-3-2-4-15(18)16(21)11-23-19(26)17-10-14-12-28-20(13-25(14)24-17)6-8-22-9-7-20/h2-5,10,16,22H,6-9,11-13,21H2,1H3,(H,23,26). The Kier molecular flexibility index (Phi) is 5.34. The van der Waals surface area contributed by atoms with Crippen LogP contribution < -0.4 is 21.1 Å². The Hall–Kier alpha value is -2.42. The van der Waals surface area contributed by atoms with E-state index in [1.54, 1.807) is 13.2 Å². The number of hydrogen-bond donors (Lipinski definition) is 3. The monoisotopic (exact) mass is 385 g/mol. The molecule has 0 saturated carbocycles. The van der Waals surface area contributed by atoms with E-state index in [1.807, 2.05) is 28.9 Å². The minimum absolute atomic E-state index is 0.162. The molecule has 0 radical (unpaired) electrons. The van der Waals surface area contributed by atoms with Crippen molar-refractivity contribution in [3.63, 3.8) is 0 Å². The number of ether oxygens (including phenoxy) is 2. The fourth-order valence-electron chi connectivity index (χ4n) is 3.93. The van der Waals surface area contributed by atoms with Crippen molar-refractivity contribution in [3.05, 3.63) is 47.3 Å². The number of carbonyl (C=O) groups excluding carboxylic acids is 1. The van der Waals surface area contributed by atoms with Crippen LogP contribution in [0.3, 0.4) is 0 Å². The summed E-state index contributed by atoms with van der Waals surface area (Å²) in [4.78, 5) is 12.6. The maximum atomic E-state index is 12.6. The second-order valence-electron chi connectivity index (χ2n) is 7.46. The number of fused-ring (bicyclic) bond motifs is 1. The molecule has 8 heteroatoms. The SMILES string of the molecule is COc1ccccc1C(N)CNC(=O)c1cc2n(n1)CC1(CCNCC1)OC2. The van der Waals surface area contributed by atoms with Crippen LogP contribution in [0.4, 0.5) is 0 Å². The maximum Gasteiger partial charge on any atom is 0.271 e. The summed E-state index contributed by atoms with van der Waals surface area (Å²) in [5, 5.41) is 10.8. The van der Waals surface area contributed by atoms with Gasteiger partial charge in [0.15, 0.2) is 5.69 Å². The summed E-state index contributed by atoms with van der Waals surface area (Å²) in [5.41, 5.74) is 8.27. The molecule has 1 fully saturated rings. The van der Waals surface area contributed by atoms with Crippen molar-refractivity contribution in [2.75, 3.05) is 26.7 Å². The molecule has 2 aliphatic heterocycles. The van der Waals surface area contributed by atoms with E-state index in [1.165, 1.54) is 0 Å². The zero-order valence-electron chi connectivity index (χ0n) is 16.1. The number of nitrogens with two attached hydrogens (primary N) is 1. The van der Waals surface area contributed by atoms with Crippen molar-refractivity contribution in [2.24, 2.45) is 5.73 Å². The Bertz CT molecular complexity index is 844. The number of nitrogens with one attached hydrogen (secondary N) is 2. The van der Waals surface area contributed by atoms with Crippen molar-refractivity contribution < 1.29 is 14.3 Å². The minimum Gasteiger partial charge on any atom is -0.496 e. The zero-order chi connectivity index (χ0) is 19.6. The average Bonchev–Trinajstić information content (AvgIpc) is 3.15. The third-order valence-electron chi connectivity index (χ3n) is 5.60. The van der Waals surface area contributed by atoms with Gasteiger partial charge in [-0.25, -0.2) is 0 Å². The number of benzene rings is 1. The van der Waals surface area contributed by atoms with Gasteiger partial charge in [-0.1, -0.05) is 18.2 Å². The van der Waals surface area contributed by atoms with Crippen LogP contribution in [0.15, 0.2) is 30.3 Å². The zero-order valence-corrected chi connectivity index (χ0v) is 16.1. The van der Waals surface area contributed by atoms with Gasteiger partial charge in [-0.15, -0.1) is 0 Å². The summed E-state index contributed by atoms with van der Waals surface area (Å²) in [6, 6.07) is 8.99. The highest BCUT2D eigenvalue weighted by molar-refractivity contribution is 5.92. The molecular weight excluding hydrogens is 358 g/mol. The summed E-state index contributed by atoms with van der Waals surface area (Å²) < 4.78 is 13.4. The Balaban J connectivity index is 1.40.